The molecule has 1 aliphatic heterocycles. The van der Waals surface area contributed by atoms with Crippen LogP contribution in [0.5, 0.6) is 0 Å². The third kappa shape index (κ3) is 2.00. The predicted octanol–water partition coefficient (Wildman–Crippen LogP) is 2.16. The van der Waals surface area contributed by atoms with Crippen LogP contribution in [0.1, 0.15) is 36.9 Å². The van der Waals surface area contributed by atoms with Crippen LogP contribution in [0.2, 0.25) is 0 Å². The Hall–Kier alpha value is -2.63. The Bertz CT molecular complexity index is 900. The van der Waals surface area contributed by atoms with Gasteiger partial charge in [0.2, 0.25) is 11.8 Å². The summed E-state index contributed by atoms with van der Waals surface area (Å²) in [6.45, 7) is 3.93. The van der Waals surface area contributed by atoms with Crippen molar-refractivity contribution < 1.29 is 19.1 Å². The van der Waals surface area contributed by atoms with Crippen LogP contribution in [0.15, 0.2) is 24.3 Å². The SMILES string of the molecule is CCOC(=O)[C@H]1c2[nH]c3ccccc3c2[C@@H](C)[C@H]2C(=O)N(C)C(=O)[C@H]21. The van der Waals surface area contributed by atoms with Gasteiger partial charge in [0.25, 0.3) is 0 Å². The van der Waals surface area contributed by atoms with E-state index in [-0.39, 0.29) is 24.3 Å². The summed E-state index contributed by atoms with van der Waals surface area (Å²) in [7, 11) is 1.49. The largest absolute Gasteiger partial charge is 0.465 e. The molecule has 0 radical (unpaired) electrons. The molecule has 6 heteroatoms. The number of imide groups is 1. The molecular weight excluding hydrogens is 320 g/mol. The van der Waals surface area contributed by atoms with Gasteiger partial charge in [-0.15, -0.1) is 0 Å². The number of nitrogens with one attached hydrogen (secondary N) is 1. The molecule has 1 saturated heterocycles. The first kappa shape index (κ1) is 15.9. The number of aromatic nitrogens is 1. The lowest BCUT2D eigenvalue weighted by atomic mass is 9.67. The Morgan fingerprint density at radius 3 is 2.60 bits per heavy atom. The number of H-pyrrole nitrogens is 1. The standard InChI is InChI=1S/C19H20N2O4/c1-4-25-19(24)15-14-13(17(22)21(3)18(14)23)9(2)12-10-7-5-6-8-11(10)20-16(12)15/h5-9,13-15,20H,4H2,1-3H3/t9-,13-,14-,15-/m1/s1. The van der Waals surface area contributed by atoms with Gasteiger partial charge in [0.15, 0.2) is 0 Å². The summed E-state index contributed by atoms with van der Waals surface area (Å²) in [5.41, 5.74) is 2.57. The van der Waals surface area contributed by atoms with E-state index in [1.54, 1.807) is 6.92 Å². The number of amides is 2. The quantitative estimate of drug-likeness (QED) is 0.671. The van der Waals surface area contributed by atoms with Crippen molar-refractivity contribution >= 4 is 28.7 Å². The van der Waals surface area contributed by atoms with E-state index in [9.17, 15) is 14.4 Å². The molecule has 4 atom stereocenters. The molecule has 1 aromatic heterocycles. The highest BCUT2D eigenvalue weighted by atomic mass is 16.5. The third-order valence-electron chi connectivity index (χ3n) is 5.60. The van der Waals surface area contributed by atoms with Gasteiger partial charge in [0.1, 0.15) is 5.92 Å². The number of carbonyl (C=O) groups excluding carboxylic acids is 3. The lowest BCUT2D eigenvalue weighted by molar-refractivity contribution is -0.150. The number of aromatic amines is 1. The highest BCUT2D eigenvalue weighted by molar-refractivity contribution is 6.09. The highest BCUT2D eigenvalue weighted by Crippen LogP contribution is 2.52. The van der Waals surface area contributed by atoms with Gasteiger partial charge in [-0.3, -0.25) is 19.3 Å². The number of fused-ring (bicyclic) bond motifs is 4. The molecule has 0 unspecified atom stereocenters. The number of carbonyl (C=O) groups is 3. The number of para-hydroxylation sites is 1. The molecule has 130 valence electrons. The number of esters is 1. The van der Waals surface area contributed by atoms with Crippen molar-refractivity contribution in [2.45, 2.75) is 25.7 Å². The molecule has 0 spiro atoms. The molecule has 2 amide bonds. The van der Waals surface area contributed by atoms with Crippen molar-refractivity contribution in [3.05, 3.63) is 35.5 Å². The second kappa shape index (κ2) is 5.44. The van der Waals surface area contributed by atoms with Crippen LogP contribution in [0, 0.1) is 11.8 Å². The number of ether oxygens (including phenoxy) is 1. The zero-order chi connectivity index (χ0) is 17.9. The average Bonchev–Trinajstić information content (AvgIpc) is 3.08. The Labute approximate surface area is 145 Å². The number of likely N-dealkylation sites (tertiary alicyclic amines) is 1. The zero-order valence-corrected chi connectivity index (χ0v) is 14.4. The first-order valence-corrected chi connectivity index (χ1v) is 8.55. The Balaban J connectivity index is 1.98. The molecule has 25 heavy (non-hydrogen) atoms. The van der Waals surface area contributed by atoms with Crippen molar-refractivity contribution in [2.75, 3.05) is 13.7 Å². The summed E-state index contributed by atoms with van der Waals surface area (Å²) in [5, 5.41) is 0.993. The van der Waals surface area contributed by atoms with E-state index in [1.807, 2.05) is 31.2 Å². The van der Waals surface area contributed by atoms with E-state index in [1.165, 1.54) is 7.05 Å². The average molecular weight is 340 g/mol. The molecule has 2 aromatic rings. The van der Waals surface area contributed by atoms with Gasteiger partial charge in [0.05, 0.1) is 18.4 Å². The third-order valence-corrected chi connectivity index (χ3v) is 5.60. The molecule has 0 bridgehead atoms. The summed E-state index contributed by atoms with van der Waals surface area (Å²) in [6.07, 6.45) is 0. The van der Waals surface area contributed by atoms with Gasteiger partial charge in [-0.05, 0) is 24.5 Å². The lowest BCUT2D eigenvalue weighted by Crippen LogP contribution is -2.38. The van der Waals surface area contributed by atoms with Gasteiger partial charge in [-0.1, -0.05) is 25.1 Å². The van der Waals surface area contributed by atoms with E-state index < -0.39 is 23.7 Å². The molecule has 1 aliphatic carbocycles. The van der Waals surface area contributed by atoms with Gasteiger partial charge in [-0.25, -0.2) is 0 Å². The van der Waals surface area contributed by atoms with E-state index >= 15 is 0 Å². The molecular formula is C19H20N2O4. The minimum atomic E-state index is -0.773. The van der Waals surface area contributed by atoms with Crippen LogP contribution in [-0.4, -0.2) is 41.3 Å². The van der Waals surface area contributed by atoms with E-state index in [0.29, 0.717) is 5.69 Å². The van der Waals surface area contributed by atoms with Crippen LogP contribution < -0.4 is 0 Å². The second-order valence-electron chi connectivity index (χ2n) is 6.80. The van der Waals surface area contributed by atoms with Crippen molar-refractivity contribution in [1.82, 2.24) is 9.88 Å². The van der Waals surface area contributed by atoms with E-state index in [2.05, 4.69) is 4.98 Å². The monoisotopic (exact) mass is 340 g/mol. The molecule has 2 aliphatic rings. The summed E-state index contributed by atoms with van der Waals surface area (Å²) < 4.78 is 5.26. The maximum Gasteiger partial charge on any atom is 0.315 e. The molecule has 0 saturated carbocycles. The van der Waals surface area contributed by atoms with Gasteiger partial charge in [-0.2, -0.15) is 0 Å². The highest BCUT2D eigenvalue weighted by Gasteiger charge is 2.58. The summed E-state index contributed by atoms with van der Waals surface area (Å²) >= 11 is 0. The Morgan fingerprint density at radius 1 is 1.20 bits per heavy atom. The minimum Gasteiger partial charge on any atom is -0.465 e. The van der Waals surface area contributed by atoms with Crippen LogP contribution in [0.3, 0.4) is 0 Å². The second-order valence-corrected chi connectivity index (χ2v) is 6.80. The van der Waals surface area contributed by atoms with Crippen LogP contribution in [0.4, 0.5) is 0 Å². The lowest BCUT2D eigenvalue weighted by Gasteiger charge is -2.33. The molecule has 1 N–H and O–H groups in total. The molecule has 4 rings (SSSR count). The fourth-order valence-electron chi connectivity index (χ4n) is 4.51. The van der Waals surface area contributed by atoms with Crippen molar-refractivity contribution in [3.8, 4) is 0 Å². The number of hydrogen-bond donors (Lipinski definition) is 1. The fraction of sp³-hybridized carbons (Fsp3) is 0.421. The van der Waals surface area contributed by atoms with Gasteiger partial charge >= 0.3 is 5.97 Å². The molecule has 2 heterocycles. The summed E-state index contributed by atoms with van der Waals surface area (Å²) in [6, 6.07) is 7.77. The molecule has 1 fully saturated rings. The number of benzene rings is 1. The Kier molecular flexibility index (Phi) is 3.45. The minimum absolute atomic E-state index is 0.150. The number of nitrogens with zero attached hydrogens (tertiary/aromatic N) is 1. The maximum absolute atomic E-state index is 12.7. The van der Waals surface area contributed by atoms with Crippen molar-refractivity contribution in [3.63, 3.8) is 0 Å². The molecule has 6 nitrogen and oxygen atoms in total. The maximum atomic E-state index is 12.7. The van der Waals surface area contributed by atoms with Gasteiger partial charge < -0.3 is 9.72 Å². The zero-order valence-electron chi connectivity index (χ0n) is 14.4. The summed E-state index contributed by atoms with van der Waals surface area (Å²) in [4.78, 5) is 42.6. The van der Waals surface area contributed by atoms with E-state index in [4.69, 9.17) is 4.74 Å². The van der Waals surface area contributed by atoms with Crippen LogP contribution in [0.25, 0.3) is 10.9 Å². The van der Waals surface area contributed by atoms with Crippen LogP contribution >= 0.6 is 0 Å². The smallest absolute Gasteiger partial charge is 0.315 e. The summed E-state index contributed by atoms with van der Waals surface area (Å²) in [5.74, 6) is -3.12. The number of rotatable bonds is 2. The van der Waals surface area contributed by atoms with Crippen molar-refractivity contribution in [2.24, 2.45) is 11.8 Å². The number of hydrogen-bond acceptors (Lipinski definition) is 4. The normalized spacial score (nSPS) is 28.2. The van der Waals surface area contributed by atoms with Gasteiger partial charge in [0, 0.05) is 23.6 Å². The van der Waals surface area contributed by atoms with E-state index in [0.717, 1.165) is 21.4 Å². The molecule has 1 aromatic carbocycles. The van der Waals surface area contributed by atoms with Crippen molar-refractivity contribution in [1.29, 1.82) is 0 Å². The first-order chi connectivity index (χ1) is 12.0. The first-order valence-electron chi connectivity index (χ1n) is 8.55. The van der Waals surface area contributed by atoms with Crippen LogP contribution in [-0.2, 0) is 19.1 Å². The topological polar surface area (TPSA) is 79.5 Å². The fourth-order valence-corrected chi connectivity index (χ4v) is 4.51. The predicted molar refractivity (Wildman–Crippen MR) is 90.8 cm³/mol. The Morgan fingerprint density at radius 2 is 1.88 bits per heavy atom.